The minimum absolute atomic E-state index is 0.363. The average molecular weight is 207 g/mol. The van der Waals surface area contributed by atoms with Crippen molar-refractivity contribution in [1.82, 2.24) is 9.97 Å². The van der Waals surface area contributed by atoms with Gasteiger partial charge in [0.25, 0.3) is 0 Å². The topological polar surface area (TPSA) is 29.0 Å². The van der Waals surface area contributed by atoms with Crippen LogP contribution in [-0.2, 0) is 0 Å². The molecule has 0 N–H and O–H groups in total. The van der Waals surface area contributed by atoms with E-state index >= 15 is 0 Å². The van der Waals surface area contributed by atoms with Crippen molar-refractivity contribution in [3.05, 3.63) is 18.2 Å². The van der Waals surface area contributed by atoms with Gasteiger partial charge in [-0.1, -0.05) is 6.42 Å². The third-order valence-corrected chi connectivity index (χ3v) is 3.62. The molecule has 3 nitrogen and oxygen atoms in total. The van der Waals surface area contributed by atoms with Gasteiger partial charge in [-0.15, -0.1) is 0 Å². The number of halogens is 1. The summed E-state index contributed by atoms with van der Waals surface area (Å²) in [4.78, 5) is 10.2. The van der Waals surface area contributed by atoms with Gasteiger partial charge in [0.15, 0.2) is 5.82 Å². The number of aromatic nitrogens is 2. The lowest BCUT2D eigenvalue weighted by Crippen LogP contribution is -2.22. The lowest BCUT2D eigenvalue weighted by atomic mass is 10.0. The van der Waals surface area contributed by atoms with E-state index in [4.69, 9.17) is 0 Å². The average Bonchev–Trinajstić information content (AvgIpc) is 2.78. The summed E-state index contributed by atoms with van der Waals surface area (Å²) in [6.45, 7) is 2.10. The molecule has 3 rings (SSSR count). The van der Waals surface area contributed by atoms with Gasteiger partial charge in [-0.05, 0) is 24.7 Å². The third kappa shape index (κ3) is 1.58. The predicted molar refractivity (Wildman–Crippen MR) is 55.0 cm³/mol. The molecule has 2 atom stereocenters. The monoisotopic (exact) mass is 207 g/mol. The van der Waals surface area contributed by atoms with E-state index in [0.29, 0.717) is 5.95 Å². The van der Waals surface area contributed by atoms with Gasteiger partial charge in [-0.2, -0.15) is 0 Å². The molecule has 1 aromatic heterocycles. The van der Waals surface area contributed by atoms with E-state index in [1.165, 1.54) is 31.7 Å². The van der Waals surface area contributed by atoms with Gasteiger partial charge < -0.3 is 4.90 Å². The summed E-state index contributed by atoms with van der Waals surface area (Å²) in [6.07, 6.45) is 6.53. The van der Waals surface area contributed by atoms with Crippen LogP contribution in [0.1, 0.15) is 19.3 Å². The van der Waals surface area contributed by atoms with Crippen molar-refractivity contribution < 1.29 is 4.39 Å². The fourth-order valence-electron chi connectivity index (χ4n) is 2.87. The molecule has 1 aliphatic carbocycles. The molecule has 1 aromatic rings. The van der Waals surface area contributed by atoms with Crippen LogP contribution in [0.2, 0.25) is 0 Å². The van der Waals surface area contributed by atoms with E-state index in [1.807, 2.05) is 0 Å². The number of fused-ring (bicyclic) bond motifs is 1. The van der Waals surface area contributed by atoms with Crippen molar-refractivity contribution in [2.24, 2.45) is 11.8 Å². The van der Waals surface area contributed by atoms with Crippen molar-refractivity contribution in [1.29, 1.82) is 0 Å². The summed E-state index contributed by atoms with van der Waals surface area (Å²) in [6, 6.07) is 0. The second-order valence-corrected chi connectivity index (χ2v) is 4.56. The smallest absolute Gasteiger partial charge is 0.225 e. The Bertz CT molecular complexity index is 339. The molecule has 1 saturated carbocycles. The SMILES string of the molecule is Fc1cnc(N2CC3CCCC3C2)nc1. The van der Waals surface area contributed by atoms with Crippen molar-refractivity contribution in [2.75, 3.05) is 18.0 Å². The van der Waals surface area contributed by atoms with Gasteiger partial charge in [0, 0.05) is 13.1 Å². The molecule has 0 aromatic carbocycles. The normalized spacial score (nSPS) is 29.5. The van der Waals surface area contributed by atoms with Gasteiger partial charge in [0.1, 0.15) is 0 Å². The Labute approximate surface area is 88.3 Å². The molecular weight excluding hydrogens is 193 g/mol. The van der Waals surface area contributed by atoms with Crippen LogP contribution in [0.25, 0.3) is 0 Å². The Morgan fingerprint density at radius 3 is 2.33 bits per heavy atom. The van der Waals surface area contributed by atoms with Crippen LogP contribution in [0, 0.1) is 17.7 Å². The summed E-state index contributed by atoms with van der Waals surface area (Å²) < 4.78 is 12.7. The van der Waals surface area contributed by atoms with Crippen LogP contribution in [0.5, 0.6) is 0 Å². The quantitative estimate of drug-likeness (QED) is 0.703. The minimum atomic E-state index is -0.363. The molecule has 0 spiro atoms. The number of anilines is 1. The molecule has 1 aliphatic heterocycles. The minimum Gasteiger partial charge on any atom is -0.340 e. The second kappa shape index (κ2) is 3.43. The fraction of sp³-hybridized carbons (Fsp3) is 0.636. The van der Waals surface area contributed by atoms with Crippen molar-refractivity contribution in [3.8, 4) is 0 Å². The zero-order valence-corrected chi connectivity index (χ0v) is 8.56. The van der Waals surface area contributed by atoms with E-state index < -0.39 is 0 Å². The second-order valence-electron chi connectivity index (χ2n) is 4.56. The zero-order chi connectivity index (χ0) is 10.3. The Morgan fingerprint density at radius 2 is 1.73 bits per heavy atom. The standard InChI is InChI=1S/C11H14FN3/c12-10-4-13-11(14-5-10)15-6-8-2-1-3-9(8)7-15/h4-5,8-9H,1-3,6-7H2. The summed E-state index contributed by atoms with van der Waals surface area (Å²) in [5.74, 6) is 1.96. The van der Waals surface area contributed by atoms with Gasteiger partial charge in [-0.3, -0.25) is 0 Å². The number of rotatable bonds is 1. The van der Waals surface area contributed by atoms with Crippen LogP contribution < -0.4 is 4.90 Å². The highest BCUT2D eigenvalue weighted by molar-refractivity contribution is 5.31. The molecule has 2 aliphatic rings. The van der Waals surface area contributed by atoms with Crippen LogP contribution in [0.15, 0.2) is 12.4 Å². The fourth-order valence-corrected chi connectivity index (χ4v) is 2.87. The highest BCUT2D eigenvalue weighted by Crippen LogP contribution is 2.38. The first-order valence-electron chi connectivity index (χ1n) is 5.55. The van der Waals surface area contributed by atoms with E-state index in [1.54, 1.807) is 0 Å². The molecule has 80 valence electrons. The van der Waals surface area contributed by atoms with Gasteiger partial charge in [0.2, 0.25) is 5.95 Å². The molecular formula is C11H14FN3. The highest BCUT2D eigenvalue weighted by Gasteiger charge is 2.36. The van der Waals surface area contributed by atoms with E-state index in [2.05, 4.69) is 14.9 Å². The molecule has 0 amide bonds. The lowest BCUT2D eigenvalue weighted by molar-refractivity contribution is 0.494. The predicted octanol–water partition coefficient (Wildman–Crippen LogP) is 1.85. The van der Waals surface area contributed by atoms with Gasteiger partial charge in [-0.25, -0.2) is 14.4 Å². The molecule has 2 unspecified atom stereocenters. The van der Waals surface area contributed by atoms with Gasteiger partial charge >= 0.3 is 0 Å². The maximum absolute atomic E-state index is 12.7. The number of nitrogens with zero attached hydrogens (tertiary/aromatic N) is 3. The molecule has 4 heteroatoms. The van der Waals surface area contributed by atoms with Crippen LogP contribution >= 0.6 is 0 Å². The van der Waals surface area contributed by atoms with E-state index in [0.717, 1.165) is 24.9 Å². The first kappa shape index (κ1) is 9.07. The summed E-state index contributed by atoms with van der Waals surface area (Å²) >= 11 is 0. The summed E-state index contributed by atoms with van der Waals surface area (Å²) in [7, 11) is 0. The zero-order valence-electron chi connectivity index (χ0n) is 8.56. The van der Waals surface area contributed by atoms with Gasteiger partial charge in [0.05, 0.1) is 12.4 Å². The molecule has 15 heavy (non-hydrogen) atoms. The number of hydrogen-bond acceptors (Lipinski definition) is 3. The Kier molecular flexibility index (Phi) is 2.08. The highest BCUT2D eigenvalue weighted by atomic mass is 19.1. The van der Waals surface area contributed by atoms with Crippen LogP contribution in [0.4, 0.5) is 10.3 Å². The number of hydrogen-bond donors (Lipinski definition) is 0. The summed E-state index contributed by atoms with van der Waals surface area (Å²) in [5.41, 5.74) is 0. The van der Waals surface area contributed by atoms with E-state index in [9.17, 15) is 4.39 Å². The Hall–Kier alpha value is -1.19. The molecule has 0 radical (unpaired) electrons. The van der Waals surface area contributed by atoms with Crippen molar-refractivity contribution in [2.45, 2.75) is 19.3 Å². The third-order valence-electron chi connectivity index (χ3n) is 3.62. The Balaban J connectivity index is 1.76. The Morgan fingerprint density at radius 1 is 1.13 bits per heavy atom. The molecule has 2 fully saturated rings. The van der Waals surface area contributed by atoms with Crippen LogP contribution in [-0.4, -0.2) is 23.1 Å². The maximum atomic E-state index is 12.7. The summed E-state index contributed by atoms with van der Waals surface area (Å²) in [5, 5.41) is 0. The first-order chi connectivity index (χ1) is 7.33. The maximum Gasteiger partial charge on any atom is 0.225 e. The lowest BCUT2D eigenvalue weighted by Gasteiger charge is -2.16. The van der Waals surface area contributed by atoms with Crippen molar-refractivity contribution >= 4 is 5.95 Å². The first-order valence-corrected chi connectivity index (χ1v) is 5.55. The molecule has 2 heterocycles. The largest absolute Gasteiger partial charge is 0.340 e. The molecule has 1 saturated heterocycles. The van der Waals surface area contributed by atoms with E-state index in [-0.39, 0.29) is 5.82 Å². The van der Waals surface area contributed by atoms with Crippen molar-refractivity contribution in [3.63, 3.8) is 0 Å². The van der Waals surface area contributed by atoms with Crippen LogP contribution in [0.3, 0.4) is 0 Å². The molecule has 0 bridgehead atoms.